The number of fused-ring (bicyclic) bond motifs is 1. The molecule has 7 heteroatoms. The van der Waals surface area contributed by atoms with Gasteiger partial charge in [-0.05, 0) is 40.5 Å². The number of rotatable bonds is 3. The maximum Gasteiger partial charge on any atom is 0.231 e. The summed E-state index contributed by atoms with van der Waals surface area (Å²) in [6, 6.07) is 3.62. The number of benzene rings is 1. The molecule has 2 aromatic rings. The van der Waals surface area contributed by atoms with Gasteiger partial charge in [-0.25, -0.2) is 0 Å². The van der Waals surface area contributed by atoms with E-state index < -0.39 is 6.10 Å². The number of aliphatic hydroxyl groups excluding tert-OH is 1. The Morgan fingerprint density at radius 3 is 2.90 bits per heavy atom. The molecule has 0 saturated heterocycles. The third-order valence-corrected chi connectivity index (χ3v) is 4.56. The van der Waals surface area contributed by atoms with Gasteiger partial charge in [0, 0.05) is 19.0 Å². The molecule has 1 atom stereocenters. The quantitative estimate of drug-likeness (QED) is 0.898. The molecule has 112 valence electrons. The fourth-order valence-electron chi connectivity index (χ4n) is 2.40. The van der Waals surface area contributed by atoms with Crippen molar-refractivity contribution in [3.63, 3.8) is 0 Å². The number of ether oxygens (including phenoxy) is 2. The maximum atomic E-state index is 10.5. The van der Waals surface area contributed by atoms with Gasteiger partial charge < -0.3 is 14.6 Å². The summed E-state index contributed by atoms with van der Waals surface area (Å²) in [6.45, 7) is 2.07. The van der Waals surface area contributed by atoms with Crippen LogP contribution in [-0.4, -0.2) is 21.7 Å². The van der Waals surface area contributed by atoms with E-state index in [2.05, 4.69) is 21.0 Å². The van der Waals surface area contributed by atoms with Crippen LogP contribution in [0.1, 0.15) is 22.9 Å². The third-order valence-electron chi connectivity index (χ3n) is 3.50. The number of aromatic nitrogens is 2. The molecule has 5 nitrogen and oxygen atoms in total. The van der Waals surface area contributed by atoms with E-state index in [0.717, 1.165) is 21.3 Å². The van der Waals surface area contributed by atoms with Gasteiger partial charge in [0.25, 0.3) is 0 Å². The van der Waals surface area contributed by atoms with Gasteiger partial charge in [0.15, 0.2) is 11.5 Å². The van der Waals surface area contributed by atoms with E-state index in [4.69, 9.17) is 21.1 Å². The van der Waals surface area contributed by atoms with Crippen molar-refractivity contribution in [3.05, 3.63) is 38.6 Å². The van der Waals surface area contributed by atoms with E-state index in [1.165, 1.54) is 0 Å². The highest BCUT2D eigenvalue weighted by Gasteiger charge is 2.22. The van der Waals surface area contributed by atoms with Gasteiger partial charge in [-0.15, -0.1) is 0 Å². The zero-order valence-corrected chi connectivity index (χ0v) is 13.9. The lowest BCUT2D eigenvalue weighted by atomic mass is 10.0. The summed E-state index contributed by atoms with van der Waals surface area (Å²) in [6.07, 6.45) is -0.305. The molecule has 0 radical (unpaired) electrons. The van der Waals surface area contributed by atoms with Gasteiger partial charge >= 0.3 is 0 Å². The number of aliphatic hydroxyl groups is 1. The van der Waals surface area contributed by atoms with Gasteiger partial charge in [-0.1, -0.05) is 11.6 Å². The van der Waals surface area contributed by atoms with Crippen LogP contribution in [0.2, 0.25) is 5.15 Å². The second-order valence-corrected chi connectivity index (χ2v) is 6.15. The first-order valence-electron chi connectivity index (χ1n) is 6.42. The van der Waals surface area contributed by atoms with E-state index in [0.29, 0.717) is 23.1 Å². The van der Waals surface area contributed by atoms with E-state index >= 15 is 0 Å². The summed E-state index contributed by atoms with van der Waals surface area (Å²) >= 11 is 9.63. The Hall–Kier alpha value is -1.24. The summed E-state index contributed by atoms with van der Waals surface area (Å²) in [5, 5.41) is 15.3. The van der Waals surface area contributed by atoms with E-state index in [-0.39, 0.29) is 6.79 Å². The Kier molecular flexibility index (Phi) is 3.86. The number of hydrogen-bond donors (Lipinski definition) is 1. The standard InChI is InChI=1S/C14H14BrClN2O3/c1-7-9(14(16)18(2)17-7)5-11(19)8-3-10(15)13-12(4-8)20-6-21-13/h3-4,11,19H,5-6H2,1-2H3. The van der Waals surface area contributed by atoms with Crippen LogP contribution in [0, 0.1) is 6.92 Å². The number of hydrogen-bond acceptors (Lipinski definition) is 4. The highest BCUT2D eigenvalue weighted by molar-refractivity contribution is 9.10. The van der Waals surface area contributed by atoms with Gasteiger partial charge in [0.1, 0.15) is 5.15 Å². The molecule has 0 spiro atoms. The van der Waals surface area contributed by atoms with Crippen molar-refractivity contribution < 1.29 is 14.6 Å². The molecule has 0 bridgehead atoms. The molecule has 1 unspecified atom stereocenters. The lowest BCUT2D eigenvalue weighted by molar-refractivity contribution is 0.171. The lowest BCUT2D eigenvalue weighted by Crippen LogP contribution is -2.03. The largest absolute Gasteiger partial charge is 0.454 e. The van der Waals surface area contributed by atoms with Gasteiger partial charge in [0.2, 0.25) is 6.79 Å². The Balaban J connectivity index is 1.89. The van der Waals surface area contributed by atoms with Crippen LogP contribution < -0.4 is 9.47 Å². The highest BCUT2D eigenvalue weighted by Crippen LogP contribution is 2.41. The van der Waals surface area contributed by atoms with E-state index in [9.17, 15) is 5.11 Å². The molecule has 0 aliphatic carbocycles. The molecule has 21 heavy (non-hydrogen) atoms. The van der Waals surface area contributed by atoms with Gasteiger partial charge in [-0.2, -0.15) is 5.10 Å². The predicted octanol–water partition coefficient (Wildman–Crippen LogP) is 3.15. The zero-order chi connectivity index (χ0) is 15.1. The summed E-state index contributed by atoms with van der Waals surface area (Å²) in [5.74, 6) is 1.30. The van der Waals surface area contributed by atoms with Crippen molar-refractivity contribution in [2.24, 2.45) is 7.05 Å². The fourth-order valence-corrected chi connectivity index (χ4v) is 3.22. The van der Waals surface area contributed by atoms with Crippen LogP contribution in [0.5, 0.6) is 11.5 Å². The first-order valence-corrected chi connectivity index (χ1v) is 7.59. The fraction of sp³-hybridized carbons (Fsp3) is 0.357. The Labute approximate surface area is 135 Å². The molecule has 0 saturated carbocycles. The number of halogens is 2. The molecule has 0 fully saturated rings. The Morgan fingerprint density at radius 2 is 2.24 bits per heavy atom. The van der Waals surface area contributed by atoms with Crippen molar-refractivity contribution >= 4 is 27.5 Å². The smallest absolute Gasteiger partial charge is 0.231 e. The van der Waals surface area contributed by atoms with Crippen LogP contribution in [0.25, 0.3) is 0 Å². The number of aryl methyl sites for hydroxylation is 2. The van der Waals surface area contributed by atoms with Crippen molar-refractivity contribution in [1.29, 1.82) is 0 Å². The molecule has 1 N–H and O–H groups in total. The van der Waals surface area contributed by atoms with Crippen LogP contribution >= 0.6 is 27.5 Å². The number of nitrogens with zero attached hydrogens (tertiary/aromatic N) is 2. The molecule has 1 aromatic carbocycles. The minimum atomic E-state index is -0.698. The minimum Gasteiger partial charge on any atom is -0.454 e. The maximum absolute atomic E-state index is 10.5. The average Bonchev–Trinajstić information content (AvgIpc) is 2.99. The van der Waals surface area contributed by atoms with Gasteiger partial charge in [0.05, 0.1) is 16.3 Å². The van der Waals surface area contributed by atoms with Gasteiger partial charge in [-0.3, -0.25) is 4.68 Å². The van der Waals surface area contributed by atoms with E-state index in [1.807, 2.05) is 13.0 Å². The second-order valence-electron chi connectivity index (χ2n) is 4.93. The topological polar surface area (TPSA) is 56.5 Å². The van der Waals surface area contributed by atoms with Crippen molar-refractivity contribution in [2.45, 2.75) is 19.4 Å². The molecule has 3 rings (SSSR count). The van der Waals surface area contributed by atoms with E-state index in [1.54, 1.807) is 17.8 Å². The summed E-state index contributed by atoms with van der Waals surface area (Å²) in [7, 11) is 1.78. The van der Waals surface area contributed by atoms with Crippen molar-refractivity contribution in [3.8, 4) is 11.5 Å². The lowest BCUT2D eigenvalue weighted by Gasteiger charge is -2.12. The molecule has 1 aliphatic heterocycles. The third kappa shape index (κ3) is 2.63. The first kappa shape index (κ1) is 14.7. The monoisotopic (exact) mass is 372 g/mol. The molecule has 1 aliphatic rings. The summed E-state index contributed by atoms with van der Waals surface area (Å²) < 4.78 is 13.1. The molecule has 1 aromatic heterocycles. The zero-order valence-electron chi connectivity index (χ0n) is 11.6. The molecular weight excluding hydrogens is 360 g/mol. The summed E-state index contributed by atoms with van der Waals surface area (Å²) in [4.78, 5) is 0. The summed E-state index contributed by atoms with van der Waals surface area (Å²) in [5.41, 5.74) is 2.41. The van der Waals surface area contributed by atoms with Crippen LogP contribution in [0.4, 0.5) is 0 Å². The first-order chi connectivity index (χ1) is 9.97. The normalized spacial score (nSPS) is 14.5. The molecule has 0 amide bonds. The van der Waals surface area contributed by atoms with Crippen LogP contribution in [0.15, 0.2) is 16.6 Å². The average molecular weight is 374 g/mol. The molecular formula is C14H14BrClN2O3. The Morgan fingerprint density at radius 1 is 1.48 bits per heavy atom. The highest BCUT2D eigenvalue weighted by atomic mass is 79.9. The predicted molar refractivity (Wildman–Crippen MR) is 81.9 cm³/mol. The Bertz CT molecular complexity index is 702. The van der Waals surface area contributed by atoms with Crippen LogP contribution in [0.3, 0.4) is 0 Å². The van der Waals surface area contributed by atoms with Crippen LogP contribution in [-0.2, 0) is 13.5 Å². The SMILES string of the molecule is Cc1nn(C)c(Cl)c1CC(O)c1cc(Br)c2c(c1)OCO2. The minimum absolute atomic E-state index is 0.195. The van der Waals surface area contributed by atoms with Crippen molar-refractivity contribution in [1.82, 2.24) is 9.78 Å². The molecule has 2 heterocycles. The second kappa shape index (κ2) is 5.51. The van der Waals surface area contributed by atoms with Crippen molar-refractivity contribution in [2.75, 3.05) is 6.79 Å².